The van der Waals surface area contributed by atoms with Crippen LogP contribution in [0.5, 0.6) is 0 Å². The van der Waals surface area contributed by atoms with E-state index >= 15 is 0 Å². The van der Waals surface area contributed by atoms with E-state index < -0.39 is 6.04 Å². The van der Waals surface area contributed by atoms with Gasteiger partial charge < -0.3 is 9.26 Å². The van der Waals surface area contributed by atoms with Crippen molar-refractivity contribution in [1.82, 2.24) is 5.16 Å². The molecule has 0 spiro atoms. The number of benzene rings is 2. The maximum Gasteiger partial charge on any atom is 0.308 e. The molecule has 0 unspecified atom stereocenters. The number of aliphatic imine (C=N–C) groups is 1. The molecule has 0 N–H and O–H groups in total. The van der Waals surface area contributed by atoms with Gasteiger partial charge in [-0.25, -0.2) is 0 Å². The molecule has 4 rings (SSSR count). The van der Waals surface area contributed by atoms with E-state index in [1.807, 2.05) is 55.5 Å². The molecule has 2 aromatic carbocycles. The molecule has 0 aliphatic carbocycles. The van der Waals surface area contributed by atoms with Crippen LogP contribution in [0.15, 0.2) is 58.0 Å². The van der Waals surface area contributed by atoms with Gasteiger partial charge in [0.05, 0.1) is 24.3 Å². The second kappa shape index (κ2) is 7.60. The highest BCUT2D eigenvalue weighted by Crippen LogP contribution is 2.40. The Morgan fingerprint density at radius 3 is 2.57 bits per heavy atom. The lowest BCUT2D eigenvalue weighted by Crippen LogP contribution is -2.11. The van der Waals surface area contributed by atoms with Gasteiger partial charge >= 0.3 is 5.97 Å². The van der Waals surface area contributed by atoms with E-state index in [4.69, 9.17) is 25.9 Å². The lowest BCUT2D eigenvalue weighted by Gasteiger charge is -2.12. The molecular formula is C22H19ClN2O3. The van der Waals surface area contributed by atoms with Crippen LogP contribution in [0.3, 0.4) is 0 Å². The standard InChI is InChI=1S/C22H19ClN2O3/c1-3-27-19(26)12-18-22-20(13(2)28-25-22)16-6-4-5-7-17(16)21(24-18)14-8-10-15(23)11-9-14/h4-11,18H,3,12H2,1-2H3/t18-/m0/s1. The maximum absolute atomic E-state index is 12.2. The monoisotopic (exact) mass is 394 g/mol. The van der Waals surface area contributed by atoms with Crippen LogP contribution in [0, 0.1) is 6.92 Å². The molecule has 1 aliphatic heterocycles. The molecule has 3 aromatic rings. The average molecular weight is 395 g/mol. The van der Waals surface area contributed by atoms with Crippen molar-refractivity contribution in [1.29, 1.82) is 0 Å². The van der Waals surface area contributed by atoms with Crippen LogP contribution in [0.25, 0.3) is 11.1 Å². The summed E-state index contributed by atoms with van der Waals surface area (Å²) >= 11 is 6.07. The Morgan fingerprint density at radius 2 is 1.86 bits per heavy atom. The summed E-state index contributed by atoms with van der Waals surface area (Å²) in [4.78, 5) is 17.2. The molecule has 0 bridgehead atoms. The molecule has 6 heteroatoms. The molecule has 1 aromatic heterocycles. The second-order valence-corrected chi connectivity index (χ2v) is 6.99. The first-order valence-corrected chi connectivity index (χ1v) is 9.51. The van der Waals surface area contributed by atoms with Gasteiger partial charge in [0.25, 0.3) is 0 Å². The van der Waals surface area contributed by atoms with Crippen LogP contribution in [0.1, 0.15) is 42.0 Å². The molecule has 1 aliphatic rings. The molecule has 2 heterocycles. The van der Waals surface area contributed by atoms with Crippen molar-refractivity contribution in [2.75, 3.05) is 6.61 Å². The zero-order valence-corrected chi connectivity index (χ0v) is 16.4. The minimum absolute atomic E-state index is 0.0951. The summed E-state index contributed by atoms with van der Waals surface area (Å²) in [6, 6.07) is 15.0. The zero-order valence-electron chi connectivity index (χ0n) is 15.6. The number of rotatable bonds is 4. The average Bonchev–Trinajstić information content (AvgIpc) is 3.01. The molecule has 0 amide bonds. The number of carbonyl (C=O) groups excluding carboxylic acids is 1. The number of ether oxygens (including phenoxy) is 1. The third-order valence-corrected chi connectivity index (χ3v) is 4.98. The fraction of sp³-hybridized carbons (Fsp3) is 0.227. The van der Waals surface area contributed by atoms with E-state index in [1.54, 1.807) is 6.92 Å². The Kier molecular flexibility index (Phi) is 5.01. The fourth-order valence-electron chi connectivity index (χ4n) is 3.50. The Balaban J connectivity index is 1.92. The van der Waals surface area contributed by atoms with Gasteiger partial charge in [0.15, 0.2) is 0 Å². The number of carbonyl (C=O) groups is 1. The number of hydrogen-bond donors (Lipinski definition) is 0. The van der Waals surface area contributed by atoms with Gasteiger partial charge in [-0.1, -0.05) is 53.2 Å². The molecule has 0 saturated heterocycles. The highest BCUT2D eigenvalue weighted by molar-refractivity contribution is 6.30. The van der Waals surface area contributed by atoms with E-state index in [2.05, 4.69) is 5.16 Å². The number of halogens is 1. The first-order chi connectivity index (χ1) is 13.6. The smallest absolute Gasteiger partial charge is 0.308 e. The molecular weight excluding hydrogens is 376 g/mol. The molecule has 0 radical (unpaired) electrons. The number of fused-ring (bicyclic) bond motifs is 3. The topological polar surface area (TPSA) is 64.7 Å². The largest absolute Gasteiger partial charge is 0.466 e. The van der Waals surface area contributed by atoms with Crippen LogP contribution >= 0.6 is 11.6 Å². The number of nitrogens with zero attached hydrogens (tertiary/aromatic N) is 2. The summed E-state index contributed by atoms with van der Waals surface area (Å²) in [6.07, 6.45) is 0.0951. The van der Waals surface area contributed by atoms with Crippen molar-refractivity contribution in [2.45, 2.75) is 26.3 Å². The second-order valence-electron chi connectivity index (χ2n) is 6.55. The highest BCUT2D eigenvalue weighted by atomic mass is 35.5. The van der Waals surface area contributed by atoms with Crippen molar-refractivity contribution >= 4 is 23.3 Å². The predicted octanol–water partition coefficient (Wildman–Crippen LogP) is 5.15. The summed E-state index contributed by atoms with van der Waals surface area (Å²) in [6.45, 7) is 3.98. The van der Waals surface area contributed by atoms with Gasteiger partial charge in [0.2, 0.25) is 0 Å². The molecule has 0 saturated carbocycles. The Hall–Kier alpha value is -2.92. The van der Waals surface area contributed by atoms with E-state index in [0.717, 1.165) is 28.0 Å². The summed E-state index contributed by atoms with van der Waals surface area (Å²) in [5, 5.41) is 4.90. The van der Waals surface area contributed by atoms with Crippen LogP contribution in [-0.2, 0) is 9.53 Å². The van der Waals surface area contributed by atoms with Gasteiger partial charge in [-0.05, 0) is 31.5 Å². The quantitative estimate of drug-likeness (QED) is 0.574. The summed E-state index contributed by atoms with van der Waals surface area (Å²) in [7, 11) is 0. The predicted molar refractivity (Wildman–Crippen MR) is 108 cm³/mol. The van der Waals surface area contributed by atoms with Gasteiger partial charge in [-0.3, -0.25) is 9.79 Å². The minimum atomic E-state index is -0.496. The SMILES string of the molecule is CCOC(=O)C[C@@H]1N=C(c2ccc(Cl)cc2)c2ccccc2-c2c1noc2C. The van der Waals surface area contributed by atoms with Crippen molar-refractivity contribution in [2.24, 2.45) is 4.99 Å². The Labute approximate surface area is 168 Å². The van der Waals surface area contributed by atoms with Crippen LogP contribution in [0.2, 0.25) is 5.02 Å². The molecule has 5 nitrogen and oxygen atoms in total. The van der Waals surface area contributed by atoms with Crippen molar-refractivity contribution in [3.63, 3.8) is 0 Å². The summed E-state index contributed by atoms with van der Waals surface area (Å²) in [5.74, 6) is 0.383. The molecule has 142 valence electrons. The first kappa shape index (κ1) is 18.4. The van der Waals surface area contributed by atoms with Gasteiger partial charge in [0.1, 0.15) is 17.5 Å². The number of hydrogen-bond acceptors (Lipinski definition) is 5. The summed E-state index contributed by atoms with van der Waals surface area (Å²) < 4.78 is 10.6. The van der Waals surface area contributed by atoms with Gasteiger partial charge in [0, 0.05) is 16.1 Å². The molecule has 1 atom stereocenters. The molecule has 0 fully saturated rings. The lowest BCUT2D eigenvalue weighted by atomic mass is 9.93. The van der Waals surface area contributed by atoms with Gasteiger partial charge in [-0.15, -0.1) is 0 Å². The number of aromatic nitrogens is 1. The summed E-state index contributed by atoms with van der Waals surface area (Å²) in [5.41, 5.74) is 5.20. The Bertz CT molecular complexity index is 1050. The fourth-order valence-corrected chi connectivity index (χ4v) is 3.62. The van der Waals surface area contributed by atoms with Crippen LogP contribution < -0.4 is 0 Å². The normalized spacial score (nSPS) is 15.2. The molecule has 28 heavy (non-hydrogen) atoms. The number of aryl methyl sites for hydroxylation is 1. The van der Waals surface area contributed by atoms with E-state index in [0.29, 0.717) is 23.1 Å². The van der Waals surface area contributed by atoms with Crippen molar-refractivity contribution in [3.05, 3.63) is 76.1 Å². The van der Waals surface area contributed by atoms with Crippen molar-refractivity contribution in [3.8, 4) is 11.1 Å². The third-order valence-electron chi connectivity index (χ3n) is 4.72. The van der Waals surface area contributed by atoms with Crippen LogP contribution in [-0.4, -0.2) is 23.4 Å². The zero-order chi connectivity index (χ0) is 19.7. The lowest BCUT2D eigenvalue weighted by molar-refractivity contribution is -0.143. The van der Waals surface area contributed by atoms with E-state index in [-0.39, 0.29) is 12.4 Å². The minimum Gasteiger partial charge on any atom is -0.466 e. The Morgan fingerprint density at radius 1 is 1.14 bits per heavy atom. The highest BCUT2D eigenvalue weighted by Gasteiger charge is 2.31. The first-order valence-electron chi connectivity index (χ1n) is 9.13. The van der Waals surface area contributed by atoms with Crippen LogP contribution in [0.4, 0.5) is 0 Å². The maximum atomic E-state index is 12.2. The number of esters is 1. The van der Waals surface area contributed by atoms with E-state index in [1.165, 1.54) is 0 Å². The van der Waals surface area contributed by atoms with Gasteiger partial charge in [-0.2, -0.15) is 0 Å². The third kappa shape index (κ3) is 3.34. The van der Waals surface area contributed by atoms with E-state index in [9.17, 15) is 4.79 Å². The van der Waals surface area contributed by atoms with Crippen molar-refractivity contribution < 1.29 is 14.1 Å².